The number of benzene rings is 2. The summed E-state index contributed by atoms with van der Waals surface area (Å²) < 4.78 is 16.3. The molecule has 112 valence electrons. The lowest BCUT2D eigenvalue weighted by atomic mass is 10.1. The van der Waals surface area contributed by atoms with Gasteiger partial charge in [0.1, 0.15) is 23.9 Å². The molecule has 0 unspecified atom stereocenters. The van der Waals surface area contributed by atoms with Gasteiger partial charge < -0.3 is 19.5 Å². The average Bonchev–Trinajstić information content (AvgIpc) is 2.54. The predicted octanol–water partition coefficient (Wildman–Crippen LogP) is 3.00. The number of hydrogen-bond acceptors (Lipinski definition) is 4. The van der Waals surface area contributed by atoms with Crippen molar-refractivity contribution in [1.82, 2.24) is 5.32 Å². The molecular formula is C17H21NO3. The van der Waals surface area contributed by atoms with Crippen molar-refractivity contribution in [2.24, 2.45) is 0 Å². The fraction of sp³-hybridized carbons (Fsp3) is 0.294. The molecule has 0 amide bonds. The smallest absolute Gasteiger partial charge is 0.127 e. The molecule has 0 heterocycles. The highest BCUT2D eigenvalue weighted by atomic mass is 16.5. The van der Waals surface area contributed by atoms with Crippen LogP contribution < -0.4 is 19.5 Å². The molecule has 2 aromatic rings. The zero-order chi connectivity index (χ0) is 15.1. The molecule has 0 aliphatic heterocycles. The van der Waals surface area contributed by atoms with Gasteiger partial charge in [-0.25, -0.2) is 0 Å². The molecule has 0 saturated heterocycles. The van der Waals surface area contributed by atoms with E-state index in [9.17, 15) is 0 Å². The second-order valence-corrected chi connectivity index (χ2v) is 4.68. The first-order valence-electron chi connectivity index (χ1n) is 6.83. The normalized spacial score (nSPS) is 10.2. The van der Waals surface area contributed by atoms with Gasteiger partial charge in [0.25, 0.3) is 0 Å². The standard InChI is InChI=1S/C17H21NO3/c1-18-11-13-4-6-14(7-5-13)12-21-17-9-15(19-2)8-16(10-17)20-3/h4-10,18H,11-12H2,1-3H3. The molecule has 0 aliphatic carbocycles. The van der Waals surface area contributed by atoms with Crippen LogP contribution in [0.3, 0.4) is 0 Å². The molecule has 0 spiro atoms. The van der Waals surface area contributed by atoms with Gasteiger partial charge in [0.05, 0.1) is 14.2 Å². The second kappa shape index (κ2) is 7.55. The van der Waals surface area contributed by atoms with Gasteiger partial charge in [-0.05, 0) is 18.2 Å². The highest BCUT2D eigenvalue weighted by Gasteiger charge is 2.03. The maximum absolute atomic E-state index is 5.80. The summed E-state index contributed by atoms with van der Waals surface area (Å²) >= 11 is 0. The molecule has 0 aliphatic rings. The molecule has 0 saturated carbocycles. The summed E-state index contributed by atoms with van der Waals surface area (Å²) in [4.78, 5) is 0. The minimum atomic E-state index is 0.510. The summed E-state index contributed by atoms with van der Waals surface area (Å²) in [6, 6.07) is 13.9. The first-order chi connectivity index (χ1) is 10.2. The zero-order valence-electron chi connectivity index (χ0n) is 12.7. The Hall–Kier alpha value is -2.20. The van der Waals surface area contributed by atoms with Gasteiger partial charge in [0.15, 0.2) is 0 Å². The van der Waals surface area contributed by atoms with E-state index in [0.29, 0.717) is 18.1 Å². The number of nitrogens with one attached hydrogen (secondary N) is 1. The summed E-state index contributed by atoms with van der Waals surface area (Å²) in [7, 11) is 5.19. The van der Waals surface area contributed by atoms with Crippen molar-refractivity contribution in [3.63, 3.8) is 0 Å². The van der Waals surface area contributed by atoms with E-state index in [2.05, 4.69) is 29.6 Å². The molecule has 0 radical (unpaired) electrons. The minimum Gasteiger partial charge on any atom is -0.496 e. The van der Waals surface area contributed by atoms with E-state index < -0.39 is 0 Å². The predicted molar refractivity (Wildman–Crippen MR) is 83.1 cm³/mol. The maximum atomic E-state index is 5.80. The first-order valence-corrected chi connectivity index (χ1v) is 6.83. The van der Waals surface area contributed by atoms with Gasteiger partial charge in [-0.3, -0.25) is 0 Å². The second-order valence-electron chi connectivity index (χ2n) is 4.68. The van der Waals surface area contributed by atoms with Gasteiger partial charge in [0, 0.05) is 24.7 Å². The van der Waals surface area contributed by atoms with Crippen LogP contribution in [0.4, 0.5) is 0 Å². The fourth-order valence-corrected chi connectivity index (χ4v) is 1.99. The van der Waals surface area contributed by atoms with Gasteiger partial charge in [-0.1, -0.05) is 24.3 Å². The van der Waals surface area contributed by atoms with E-state index in [-0.39, 0.29) is 0 Å². The van der Waals surface area contributed by atoms with Crippen LogP contribution in [0.1, 0.15) is 11.1 Å². The largest absolute Gasteiger partial charge is 0.496 e. The Labute approximate surface area is 125 Å². The Balaban J connectivity index is 2.01. The third-order valence-corrected chi connectivity index (χ3v) is 3.13. The molecule has 1 N–H and O–H groups in total. The Morgan fingerprint density at radius 3 is 1.86 bits per heavy atom. The van der Waals surface area contributed by atoms with Crippen LogP contribution in [0.2, 0.25) is 0 Å². The molecule has 2 rings (SSSR count). The van der Waals surface area contributed by atoms with Crippen molar-refractivity contribution in [3.05, 3.63) is 53.6 Å². The Kier molecular flexibility index (Phi) is 5.46. The monoisotopic (exact) mass is 287 g/mol. The van der Waals surface area contributed by atoms with Gasteiger partial charge in [-0.2, -0.15) is 0 Å². The number of methoxy groups -OCH3 is 2. The van der Waals surface area contributed by atoms with E-state index in [1.54, 1.807) is 14.2 Å². The molecule has 0 atom stereocenters. The van der Waals surface area contributed by atoms with Gasteiger partial charge >= 0.3 is 0 Å². The van der Waals surface area contributed by atoms with Crippen molar-refractivity contribution in [2.75, 3.05) is 21.3 Å². The van der Waals surface area contributed by atoms with Crippen LogP contribution >= 0.6 is 0 Å². The topological polar surface area (TPSA) is 39.7 Å². The molecular weight excluding hydrogens is 266 g/mol. The van der Waals surface area contributed by atoms with Crippen LogP contribution in [-0.2, 0) is 13.2 Å². The molecule has 0 bridgehead atoms. The van der Waals surface area contributed by atoms with Gasteiger partial charge in [0.2, 0.25) is 0 Å². The zero-order valence-corrected chi connectivity index (χ0v) is 12.7. The van der Waals surface area contributed by atoms with Crippen LogP contribution in [0, 0.1) is 0 Å². The highest BCUT2D eigenvalue weighted by molar-refractivity contribution is 5.42. The van der Waals surface area contributed by atoms with Crippen molar-refractivity contribution in [3.8, 4) is 17.2 Å². The maximum Gasteiger partial charge on any atom is 0.127 e. The lowest BCUT2D eigenvalue weighted by molar-refractivity contribution is 0.300. The van der Waals surface area contributed by atoms with Crippen LogP contribution in [0.25, 0.3) is 0 Å². The number of rotatable bonds is 7. The molecule has 21 heavy (non-hydrogen) atoms. The van der Waals surface area contributed by atoms with Crippen molar-refractivity contribution in [1.29, 1.82) is 0 Å². The van der Waals surface area contributed by atoms with Crippen LogP contribution in [0.15, 0.2) is 42.5 Å². The molecule has 4 heteroatoms. The van der Waals surface area contributed by atoms with E-state index in [1.807, 2.05) is 25.2 Å². The van der Waals surface area contributed by atoms with E-state index in [4.69, 9.17) is 14.2 Å². The Bertz CT molecular complexity index is 544. The van der Waals surface area contributed by atoms with Crippen LogP contribution in [-0.4, -0.2) is 21.3 Å². The highest BCUT2D eigenvalue weighted by Crippen LogP contribution is 2.27. The first kappa shape index (κ1) is 15.2. The summed E-state index contributed by atoms with van der Waals surface area (Å²) in [5.74, 6) is 2.16. The van der Waals surface area contributed by atoms with Crippen molar-refractivity contribution in [2.45, 2.75) is 13.2 Å². The minimum absolute atomic E-state index is 0.510. The third kappa shape index (κ3) is 4.39. The molecule has 2 aromatic carbocycles. The number of hydrogen-bond donors (Lipinski definition) is 1. The summed E-state index contributed by atoms with van der Waals surface area (Å²) in [5.41, 5.74) is 2.38. The van der Waals surface area contributed by atoms with Crippen molar-refractivity contribution < 1.29 is 14.2 Å². The lowest BCUT2D eigenvalue weighted by Gasteiger charge is -2.10. The Morgan fingerprint density at radius 2 is 1.33 bits per heavy atom. The molecule has 0 fully saturated rings. The van der Waals surface area contributed by atoms with Crippen molar-refractivity contribution >= 4 is 0 Å². The lowest BCUT2D eigenvalue weighted by Crippen LogP contribution is -2.05. The van der Waals surface area contributed by atoms with Gasteiger partial charge in [-0.15, -0.1) is 0 Å². The SMILES string of the molecule is CNCc1ccc(COc2cc(OC)cc(OC)c2)cc1. The average molecular weight is 287 g/mol. The number of ether oxygens (including phenoxy) is 3. The van der Waals surface area contributed by atoms with E-state index in [0.717, 1.165) is 17.9 Å². The molecule has 0 aromatic heterocycles. The summed E-state index contributed by atoms with van der Waals surface area (Å²) in [5, 5.41) is 3.13. The molecule has 4 nitrogen and oxygen atoms in total. The quantitative estimate of drug-likeness (QED) is 0.850. The third-order valence-electron chi connectivity index (χ3n) is 3.13. The fourth-order valence-electron chi connectivity index (χ4n) is 1.99. The van der Waals surface area contributed by atoms with E-state index in [1.165, 1.54) is 5.56 Å². The summed E-state index contributed by atoms with van der Waals surface area (Å²) in [6.45, 7) is 1.38. The van der Waals surface area contributed by atoms with E-state index >= 15 is 0 Å². The Morgan fingerprint density at radius 1 is 0.810 bits per heavy atom. The van der Waals surface area contributed by atoms with Crippen LogP contribution in [0.5, 0.6) is 17.2 Å². The summed E-state index contributed by atoms with van der Waals surface area (Å²) in [6.07, 6.45) is 0.